The highest BCUT2D eigenvalue weighted by atomic mass is 15.3. The number of piperazine rings is 1. The molecule has 3 heteroatoms. The van der Waals surface area contributed by atoms with Crippen LogP contribution in [-0.4, -0.2) is 61.7 Å². The zero-order chi connectivity index (χ0) is 10.8. The van der Waals surface area contributed by atoms with E-state index in [2.05, 4.69) is 36.0 Å². The molecule has 0 bridgehead atoms. The predicted octanol–water partition coefficient (Wildman–Crippen LogP) is 0.620. The lowest BCUT2D eigenvalue weighted by Crippen LogP contribution is -2.54. The molecule has 0 aliphatic carbocycles. The van der Waals surface area contributed by atoms with Crippen molar-refractivity contribution in [3.63, 3.8) is 0 Å². The van der Waals surface area contributed by atoms with Crippen LogP contribution in [0, 0.1) is 5.92 Å². The molecule has 3 atom stereocenters. The van der Waals surface area contributed by atoms with E-state index in [1.54, 1.807) is 0 Å². The Morgan fingerprint density at radius 1 is 1.27 bits per heavy atom. The summed E-state index contributed by atoms with van der Waals surface area (Å²) in [6.45, 7) is 10.9. The van der Waals surface area contributed by atoms with Gasteiger partial charge < -0.3 is 10.2 Å². The topological polar surface area (TPSA) is 18.5 Å². The maximum atomic E-state index is 3.63. The van der Waals surface area contributed by atoms with Gasteiger partial charge in [-0.25, -0.2) is 0 Å². The van der Waals surface area contributed by atoms with Gasteiger partial charge in [0, 0.05) is 38.3 Å². The first-order valence-corrected chi connectivity index (χ1v) is 6.33. The number of hydrogen-bond donors (Lipinski definition) is 1. The van der Waals surface area contributed by atoms with Gasteiger partial charge >= 0.3 is 0 Å². The molecule has 15 heavy (non-hydrogen) atoms. The molecule has 2 heterocycles. The Labute approximate surface area is 93.8 Å². The average Bonchev–Trinajstić information content (AvgIpc) is 2.57. The molecule has 0 spiro atoms. The van der Waals surface area contributed by atoms with Crippen molar-refractivity contribution in [3.8, 4) is 0 Å². The van der Waals surface area contributed by atoms with Crippen LogP contribution >= 0.6 is 0 Å². The van der Waals surface area contributed by atoms with Crippen LogP contribution in [0.15, 0.2) is 0 Å². The van der Waals surface area contributed by atoms with Crippen LogP contribution in [0.4, 0.5) is 0 Å². The molecule has 0 aromatic heterocycles. The highest BCUT2D eigenvalue weighted by molar-refractivity contribution is 4.87. The third-order valence-corrected chi connectivity index (χ3v) is 4.09. The van der Waals surface area contributed by atoms with Crippen LogP contribution in [0.5, 0.6) is 0 Å². The number of likely N-dealkylation sites (N-methyl/N-ethyl adjacent to an activating group) is 1. The standard InChI is InChI=1S/C12H25N3/c1-10-4-5-13-12(10)9-15-7-6-14(3)8-11(15)2/h10-13H,4-9H2,1-3H3. The van der Waals surface area contributed by atoms with E-state index in [0.717, 1.165) is 18.0 Å². The lowest BCUT2D eigenvalue weighted by atomic mass is 10.0. The molecule has 2 rings (SSSR count). The molecule has 3 unspecified atom stereocenters. The first-order valence-electron chi connectivity index (χ1n) is 6.33. The van der Waals surface area contributed by atoms with Crippen LogP contribution in [0.1, 0.15) is 20.3 Å². The minimum Gasteiger partial charge on any atom is -0.312 e. The van der Waals surface area contributed by atoms with E-state index in [1.165, 1.54) is 39.1 Å². The van der Waals surface area contributed by atoms with Crippen molar-refractivity contribution in [2.45, 2.75) is 32.4 Å². The summed E-state index contributed by atoms with van der Waals surface area (Å²) < 4.78 is 0. The Hall–Kier alpha value is -0.120. The Morgan fingerprint density at radius 3 is 2.67 bits per heavy atom. The first-order chi connectivity index (χ1) is 7.16. The largest absolute Gasteiger partial charge is 0.312 e. The van der Waals surface area contributed by atoms with Crippen molar-refractivity contribution in [1.82, 2.24) is 15.1 Å². The predicted molar refractivity (Wildman–Crippen MR) is 64.1 cm³/mol. The Bertz CT molecular complexity index is 207. The number of rotatable bonds is 2. The van der Waals surface area contributed by atoms with E-state index >= 15 is 0 Å². The summed E-state index contributed by atoms with van der Waals surface area (Å²) in [6.07, 6.45) is 1.35. The molecule has 0 saturated carbocycles. The van der Waals surface area contributed by atoms with Gasteiger partial charge in [-0.2, -0.15) is 0 Å². The van der Waals surface area contributed by atoms with E-state index in [-0.39, 0.29) is 0 Å². The molecule has 0 radical (unpaired) electrons. The fourth-order valence-corrected chi connectivity index (χ4v) is 2.84. The molecule has 1 N–H and O–H groups in total. The van der Waals surface area contributed by atoms with E-state index in [1.807, 2.05) is 0 Å². The summed E-state index contributed by atoms with van der Waals surface area (Å²) in [6, 6.07) is 1.45. The summed E-state index contributed by atoms with van der Waals surface area (Å²) in [4.78, 5) is 5.09. The summed E-state index contributed by atoms with van der Waals surface area (Å²) >= 11 is 0. The second-order valence-electron chi connectivity index (χ2n) is 5.43. The van der Waals surface area contributed by atoms with Crippen molar-refractivity contribution in [2.24, 2.45) is 5.92 Å². The quantitative estimate of drug-likeness (QED) is 0.722. The van der Waals surface area contributed by atoms with E-state index < -0.39 is 0 Å². The fourth-order valence-electron chi connectivity index (χ4n) is 2.84. The van der Waals surface area contributed by atoms with Crippen molar-refractivity contribution in [3.05, 3.63) is 0 Å². The highest BCUT2D eigenvalue weighted by Gasteiger charge is 2.28. The molecule has 2 fully saturated rings. The number of nitrogens with zero attached hydrogens (tertiary/aromatic N) is 2. The van der Waals surface area contributed by atoms with Crippen molar-refractivity contribution >= 4 is 0 Å². The number of hydrogen-bond acceptors (Lipinski definition) is 3. The van der Waals surface area contributed by atoms with Crippen molar-refractivity contribution in [1.29, 1.82) is 0 Å². The summed E-state index contributed by atoms with van der Waals surface area (Å²) in [5, 5.41) is 3.63. The minimum absolute atomic E-state index is 0.721. The third kappa shape index (κ3) is 2.71. The van der Waals surface area contributed by atoms with Gasteiger partial charge in [0.1, 0.15) is 0 Å². The molecule has 0 aromatic rings. The zero-order valence-corrected chi connectivity index (χ0v) is 10.4. The highest BCUT2D eigenvalue weighted by Crippen LogP contribution is 2.17. The van der Waals surface area contributed by atoms with E-state index in [4.69, 9.17) is 0 Å². The average molecular weight is 211 g/mol. The Balaban J connectivity index is 1.83. The van der Waals surface area contributed by atoms with Crippen molar-refractivity contribution < 1.29 is 0 Å². The molecule has 2 saturated heterocycles. The molecular weight excluding hydrogens is 186 g/mol. The summed E-state index contributed by atoms with van der Waals surface area (Å²) in [5.41, 5.74) is 0. The molecule has 0 amide bonds. The molecule has 0 aromatic carbocycles. The first kappa shape index (κ1) is 11.4. The van der Waals surface area contributed by atoms with Crippen LogP contribution in [0.2, 0.25) is 0 Å². The van der Waals surface area contributed by atoms with E-state index in [9.17, 15) is 0 Å². The van der Waals surface area contributed by atoms with Gasteiger partial charge in [-0.05, 0) is 32.9 Å². The Kier molecular flexibility index (Phi) is 3.65. The Morgan fingerprint density at radius 2 is 2.07 bits per heavy atom. The second-order valence-corrected chi connectivity index (χ2v) is 5.43. The maximum absolute atomic E-state index is 3.63. The molecule has 88 valence electrons. The van der Waals surface area contributed by atoms with Gasteiger partial charge in [0.15, 0.2) is 0 Å². The molecule has 2 aliphatic heterocycles. The van der Waals surface area contributed by atoms with Gasteiger partial charge in [0.05, 0.1) is 0 Å². The summed E-state index contributed by atoms with van der Waals surface area (Å²) in [7, 11) is 2.23. The normalized spacial score (nSPS) is 39.8. The van der Waals surface area contributed by atoms with Crippen LogP contribution in [-0.2, 0) is 0 Å². The molecule has 3 nitrogen and oxygen atoms in total. The fraction of sp³-hybridized carbons (Fsp3) is 1.00. The lowest BCUT2D eigenvalue weighted by Gasteiger charge is -2.40. The summed E-state index contributed by atoms with van der Waals surface area (Å²) in [5.74, 6) is 0.858. The van der Waals surface area contributed by atoms with Gasteiger partial charge in [0.25, 0.3) is 0 Å². The van der Waals surface area contributed by atoms with Gasteiger partial charge in [-0.3, -0.25) is 4.90 Å². The molecule has 2 aliphatic rings. The zero-order valence-electron chi connectivity index (χ0n) is 10.4. The minimum atomic E-state index is 0.721. The van der Waals surface area contributed by atoms with Gasteiger partial charge in [-0.1, -0.05) is 6.92 Å². The number of nitrogens with one attached hydrogen (secondary N) is 1. The van der Waals surface area contributed by atoms with Gasteiger partial charge in [-0.15, -0.1) is 0 Å². The smallest absolute Gasteiger partial charge is 0.0221 e. The van der Waals surface area contributed by atoms with Crippen LogP contribution in [0.25, 0.3) is 0 Å². The molecular formula is C12H25N3. The monoisotopic (exact) mass is 211 g/mol. The maximum Gasteiger partial charge on any atom is 0.0221 e. The SMILES string of the molecule is CC1CCNC1CN1CCN(C)CC1C. The van der Waals surface area contributed by atoms with Gasteiger partial charge in [0.2, 0.25) is 0 Å². The van der Waals surface area contributed by atoms with Crippen molar-refractivity contribution in [2.75, 3.05) is 39.8 Å². The van der Waals surface area contributed by atoms with E-state index in [0.29, 0.717) is 0 Å². The van der Waals surface area contributed by atoms with Crippen LogP contribution < -0.4 is 5.32 Å². The third-order valence-electron chi connectivity index (χ3n) is 4.09. The van der Waals surface area contributed by atoms with Crippen LogP contribution in [0.3, 0.4) is 0 Å². The second kappa shape index (κ2) is 4.81. The lowest BCUT2D eigenvalue weighted by molar-refractivity contribution is 0.0884.